The normalized spacial score (nSPS) is 11.7. The number of carbonyl (C=O) groups is 2. The molecule has 0 atom stereocenters. The predicted molar refractivity (Wildman–Crippen MR) is 166 cm³/mol. The minimum atomic E-state index is -0.806. The van der Waals surface area contributed by atoms with Crippen molar-refractivity contribution in [3.05, 3.63) is 97.1 Å². The molecule has 0 heterocycles. The molecule has 0 amide bonds. The first-order valence-electron chi connectivity index (χ1n) is 12.3. The summed E-state index contributed by atoms with van der Waals surface area (Å²) in [6.45, 7) is 0. The molecule has 0 aliphatic carbocycles. The minimum Gasteiger partial charge on any atom is -0.464 e. The Morgan fingerprint density at radius 2 is 0.850 bits per heavy atom. The number of rotatable bonds is 9. The van der Waals surface area contributed by atoms with Gasteiger partial charge in [0.1, 0.15) is 0 Å². The molecule has 0 saturated carbocycles. The fourth-order valence-electron chi connectivity index (χ4n) is 4.16. The zero-order chi connectivity index (χ0) is 28.5. The Labute approximate surface area is 242 Å². The highest BCUT2D eigenvalue weighted by molar-refractivity contribution is 7.99. The lowest BCUT2D eigenvalue weighted by Gasteiger charge is -2.13. The van der Waals surface area contributed by atoms with E-state index in [0.717, 1.165) is 32.0 Å². The topological polar surface area (TPSA) is 77.3 Å². The molecule has 4 aromatic rings. The Bertz CT molecular complexity index is 1480. The Morgan fingerprint density at radius 3 is 1.20 bits per heavy atom. The maximum absolute atomic E-state index is 13.1. The molecule has 0 spiro atoms. The average Bonchev–Trinajstić information content (AvgIpc) is 3.02. The number of carbonyl (C=O) groups excluding carboxylic acids is 2. The van der Waals surface area contributed by atoms with E-state index in [4.69, 9.17) is 9.47 Å². The number of hydrogen-bond acceptors (Lipinski definition) is 8. The second-order valence-electron chi connectivity index (χ2n) is 8.34. The van der Waals surface area contributed by atoms with E-state index in [-0.39, 0.29) is 11.4 Å². The van der Waals surface area contributed by atoms with Gasteiger partial charge in [-0.2, -0.15) is 0 Å². The second kappa shape index (κ2) is 13.8. The first kappa shape index (κ1) is 28.9. The quantitative estimate of drug-likeness (QED) is 0.117. The van der Waals surface area contributed by atoms with Crippen molar-refractivity contribution < 1.29 is 19.1 Å². The van der Waals surface area contributed by atoms with Gasteiger partial charge in [-0.15, -0.1) is 23.5 Å². The van der Waals surface area contributed by atoms with Crippen LogP contribution in [0.4, 0.5) is 11.4 Å². The molecule has 4 aromatic carbocycles. The third-order valence-corrected chi connectivity index (χ3v) is 7.64. The van der Waals surface area contributed by atoms with Crippen LogP contribution < -0.4 is 0 Å². The highest BCUT2D eigenvalue weighted by Crippen LogP contribution is 2.38. The number of methoxy groups -OCH3 is 2. The zero-order valence-electron chi connectivity index (χ0n) is 22.6. The third kappa shape index (κ3) is 6.35. The summed E-state index contributed by atoms with van der Waals surface area (Å²) >= 11 is 3.22. The number of benzene rings is 4. The summed E-state index contributed by atoms with van der Waals surface area (Å²) in [7, 11) is 2.48. The maximum Gasteiger partial charge on any atom is 0.359 e. The van der Waals surface area contributed by atoms with Crippen molar-refractivity contribution in [1.82, 2.24) is 0 Å². The van der Waals surface area contributed by atoms with Crippen molar-refractivity contribution in [3.63, 3.8) is 0 Å². The van der Waals surface area contributed by atoms with E-state index in [1.54, 1.807) is 35.7 Å². The lowest BCUT2D eigenvalue weighted by Crippen LogP contribution is -2.32. The highest BCUT2D eigenvalue weighted by atomic mass is 32.2. The molecule has 0 fully saturated rings. The van der Waals surface area contributed by atoms with Crippen LogP contribution in [0.25, 0.3) is 22.3 Å². The lowest BCUT2D eigenvalue weighted by molar-refractivity contribution is -0.134. The van der Waals surface area contributed by atoms with E-state index in [9.17, 15) is 9.59 Å². The van der Waals surface area contributed by atoms with Crippen molar-refractivity contribution in [2.75, 3.05) is 26.7 Å². The van der Waals surface area contributed by atoms with Crippen LogP contribution in [0.15, 0.2) is 117 Å². The Balaban J connectivity index is 1.95. The molecule has 0 aliphatic rings. The number of ether oxygens (including phenoxy) is 2. The fraction of sp³-hybridized carbons (Fsp3) is 0.125. The van der Waals surface area contributed by atoms with Crippen LogP contribution in [0.5, 0.6) is 0 Å². The molecule has 8 heteroatoms. The van der Waals surface area contributed by atoms with E-state index < -0.39 is 11.9 Å². The monoisotopic (exact) mass is 568 g/mol. The lowest BCUT2D eigenvalue weighted by atomic mass is 10.0. The maximum atomic E-state index is 13.1. The van der Waals surface area contributed by atoms with Gasteiger partial charge in [0.25, 0.3) is 0 Å². The van der Waals surface area contributed by atoms with Crippen LogP contribution >= 0.6 is 23.5 Å². The van der Waals surface area contributed by atoms with Gasteiger partial charge in [-0.05, 0) is 47.9 Å². The van der Waals surface area contributed by atoms with Gasteiger partial charge in [0, 0.05) is 20.9 Å². The largest absolute Gasteiger partial charge is 0.464 e. The number of esters is 2. The SMILES string of the molecule is COC(=O)C(=Nc1ccccc1-c1ccccc1SC)C(=Nc1ccccc1-c1ccccc1SC)C(=O)OC. The Morgan fingerprint density at radius 1 is 0.525 bits per heavy atom. The van der Waals surface area contributed by atoms with Crippen LogP contribution in [0.1, 0.15) is 0 Å². The van der Waals surface area contributed by atoms with Crippen molar-refractivity contribution >= 4 is 58.3 Å². The molecule has 6 nitrogen and oxygen atoms in total. The van der Waals surface area contributed by atoms with E-state index in [0.29, 0.717) is 11.4 Å². The fourth-order valence-corrected chi connectivity index (χ4v) is 5.38. The van der Waals surface area contributed by atoms with E-state index in [1.165, 1.54) is 14.2 Å². The van der Waals surface area contributed by atoms with Gasteiger partial charge in [-0.1, -0.05) is 72.8 Å². The predicted octanol–water partition coefficient (Wildman–Crippen LogP) is 7.66. The van der Waals surface area contributed by atoms with E-state index in [1.807, 2.05) is 97.4 Å². The molecule has 0 saturated heterocycles. The van der Waals surface area contributed by atoms with Crippen LogP contribution in [0.2, 0.25) is 0 Å². The Kier molecular flexibility index (Phi) is 9.94. The summed E-state index contributed by atoms with van der Waals surface area (Å²) in [6, 6.07) is 30.7. The number of thioether (sulfide) groups is 2. The van der Waals surface area contributed by atoms with Crippen LogP contribution in [-0.4, -0.2) is 50.1 Å². The summed E-state index contributed by atoms with van der Waals surface area (Å²) in [6.07, 6.45) is 4.00. The molecule has 0 bridgehead atoms. The van der Waals surface area contributed by atoms with Crippen molar-refractivity contribution in [3.8, 4) is 22.3 Å². The van der Waals surface area contributed by atoms with Crippen molar-refractivity contribution in [2.24, 2.45) is 9.98 Å². The summed E-state index contributed by atoms with van der Waals surface area (Å²) in [5.41, 5.74) is 3.97. The third-order valence-electron chi connectivity index (χ3n) is 6.05. The molecule has 4 rings (SSSR count). The number of hydrogen-bond donors (Lipinski definition) is 0. The molecular formula is C32H28N2O4S2. The summed E-state index contributed by atoms with van der Waals surface area (Å²) in [5.74, 6) is -1.61. The number of para-hydroxylation sites is 2. The smallest absolute Gasteiger partial charge is 0.359 e. The van der Waals surface area contributed by atoms with Crippen LogP contribution in [0, 0.1) is 0 Å². The van der Waals surface area contributed by atoms with Crippen molar-refractivity contribution in [1.29, 1.82) is 0 Å². The molecule has 0 radical (unpaired) electrons. The number of aliphatic imine (C=N–C) groups is 2. The van der Waals surface area contributed by atoms with Gasteiger partial charge >= 0.3 is 11.9 Å². The first-order chi connectivity index (χ1) is 19.5. The molecule has 40 heavy (non-hydrogen) atoms. The minimum absolute atomic E-state index is 0.253. The summed E-state index contributed by atoms with van der Waals surface area (Å²) in [4.78, 5) is 37.7. The van der Waals surface area contributed by atoms with Gasteiger partial charge in [0.15, 0.2) is 11.4 Å². The zero-order valence-corrected chi connectivity index (χ0v) is 24.2. The molecule has 202 valence electrons. The Hall–Kier alpha value is -4.14. The van der Waals surface area contributed by atoms with Crippen LogP contribution in [-0.2, 0) is 19.1 Å². The van der Waals surface area contributed by atoms with Gasteiger partial charge in [0.2, 0.25) is 0 Å². The van der Waals surface area contributed by atoms with Gasteiger partial charge in [-0.25, -0.2) is 19.6 Å². The van der Waals surface area contributed by atoms with E-state index in [2.05, 4.69) is 9.98 Å². The van der Waals surface area contributed by atoms with Gasteiger partial charge < -0.3 is 9.47 Å². The highest BCUT2D eigenvalue weighted by Gasteiger charge is 2.28. The molecule has 0 aliphatic heterocycles. The van der Waals surface area contributed by atoms with Gasteiger partial charge in [-0.3, -0.25) is 0 Å². The first-order valence-corrected chi connectivity index (χ1v) is 14.8. The van der Waals surface area contributed by atoms with E-state index >= 15 is 0 Å². The molecule has 0 N–H and O–H groups in total. The molecule has 0 aromatic heterocycles. The second-order valence-corrected chi connectivity index (χ2v) is 10.0. The summed E-state index contributed by atoms with van der Waals surface area (Å²) < 4.78 is 10.1. The van der Waals surface area contributed by atoms with Crippen molar-refractivity contribution in [2.45, 2.75) is 9.79 Å². The molecule has 0 unspecified atom stereocenters. The standard InChI is InChI=1S/C32H28N2O4S2/c1-37-31(35)29(33-25-17-9-5-13-21(25)23-15-7-11-19-27(23)39-3)30(32(36)38-2)34-26-18-10-6-14-22(26)24-16-8-12-20-28(24)40-4/h5-20H,1-4H3. The average molecular weight is 569 g/mol. The summed E-state index contributed by atoms with van der Waals surface area (Å²) in [5, 5.41) is 0. The number of nitrogens with zero attached hydrogens (tertiary/aromatic N) is 2. The van der Waals surface area contributed by atoms with Crippen LogP contribution in [0.3, 0.4) is 0 Å². The van der Waals surface area contributed by atoms with Gasteiger partial charge in [0.05, 0.1) is 25.6 Å². The molecular weight excluding hydrogens is 540 g/mol.